The quantitative estimate of drug-likeness (QED) is 0.425. The molecule has 3 aliphatic rings. The average molecular weight is 559 g/mol. The lowest BCUT2D eigenvalue weighted by Gasteiger charge is -2.44. The Labute approximate surface area is 240 Å². The highest BCUT2D eigenvalue weighted by Gasteiger charge is 2.47. The first-order chi connectivity index (χ1) is 19.6. The first-order valence-electron chi connectivity index (χ1n) is 14.5. The maximum atomic E-state index is 14.0. The summed E-state index contributed by atoms with van der Waals surface area (Å²) < 4.78 is 5.28. The largest absolute Gasteiger partial charge is 0.497 e. The maximum Gasteiger partial charge on any atom is 0.254 e. The van der Waals surface area contributed by atoms with E-state index in [-0.39, 0.29) is 23.9 Å². The van der Waals surface area contributed by atoms with E-state index in [1.165, 1.54) is 5.69 Å². The Hall–Kier alpha value is -3.36. The lowest BCUT2D eigenvalue weighted by molar-refractivity contribution is -0.124. The number of nitrogens with zero attached hydrogens (tertiary/aromatic N) is 3. The van der Waals surface area contributed by atoms with Crippen LogP contribution < -0.4 is 15.0 Å². The lowest BCUT2D eigenvalue weighted by Crippen LogP contribution is -2.52. The number of amides is 2. The zero-order valence-corrected chi connectivity index (χ0v) is 23.9. The Morgan fingerprint density at radius 2 is 1.73 bits per heavy atom. The van der Waals surface area contributed by atoms with Gasteiger partial charge in [-0.1, -0.05) is 37.1 Å². The molecule has 2 aliphatic heterocycles. The number of rotatable bonds is 8. The number of benzene rings is 2. The van der Waals surface area contributed by atoms with Gasteiger partial charge >= 0.3 is 0 Å². The Morgan fingerprint density at radius 1 is 0.975 bits per heavy atom. The van der Waals surface area contributed by atoms with Gasteiger partial charge in [0.1, 0.15) is 5.75 Å². The van der Waals surface area contributed by atoms with Crippen molar-refractivity contribution in [1.82, 2.24) is 15.1 Å². The van der Waals surface area contributed by atoms with Gasteiger partial charge in [0, 0.05) is 61.4 Å². The van der Waals surface area contributed by atoms with E-state index in [2.05, 4.69) is 38.2 Å². The molecule has 0 unspecified atom stereocenters. The van der Waals surface area contributed by atoms with E-state index in [0.717, 1.165) is 74.6 Å². The molecule has 7 nitrogen and oxygen atoms in total. The van der Waals surface area contributed by atoms with E-state index in [1.54, 1.807) is 18.4 Å². The maximum absolute atomic E-state index is 14.0. The molecule has 2 atom stereocenters. The molecule has 2 amide bonds. The summed E-state index contributed by atoms with van der Waals surface area (Å²) in [6.45, 7) is 5.22. The predicted octanol–water partition coefficient (Wildman–Crippen LogP) is 4.92. The van der Waals surface area contributed by atoms with Gasteiger partial charge in [-0.15, -0.1) is 11.3 Å². The van der Waals surface area contributed by atoms with Crippen molar-refractivity contribution in [3.05, 3.63) is 82.0 Å². The average Bonchev–Trinajstić information content (AvgIpc) is 3.73. The zero-order valence-electron chi connectivity index (χ0n) is 23.1. The van der Waals surface area contributed by atoms with Gasteiger partial charge in [0.2, 0.25) is 5.91 Å². The Bertz CT molecular complexity index is 1300. The molecule has 0 bridgehead atoms. The first-order valence-corrected chi connectivity index (χ1v) is 15.4. The number of piperazine rings is 1. The van der Waals surface area contributed by atoms with Gasteiger partial charge in [-0.3, -0.25) is 14.5 Å². The molecule has 40 heavy (non-hydrogen) atoms. The number of carbonyl (C=O) groups excluding carboxylic acids is 2. The van der Waals surface area contributed by atoms with Gasteiger partial charge in [-0.25, -0.2) is 0 Å². The number of methoxy groups -OCH3 is 1. The van der Waals surface area contributed by atoms with Crippen LogP contribution in [0.4, 0.5) is 5.69 Å². The van der Waals surface area contributed by atoms with Crippen molar-refractivity contribution < 1.29 is 14.3 Å². The molecule has 2 aromatic carbocycles. The van der Waals surface area contributed by atoms with Gasteiger partial charge in [0.05, 0.1) is 19.1 Å². The van der Waals surface area contributed by atoms with Gasteiger partial charge in [0.25, 0.3) is 5.91 Å². The van der Waals surface area contributed by atoms with Crippen LogP contribution in [0.25, 0.3) is 0 Å². The van der Waals surface area contributed by atoms with Crippen LogP contribution in [0.2, 0.25) is 0 Å². The fraction of sp³-hybridized carbons (Fsp3) is 0.438. The molecule has 210 valence electrons. The number of hydrogen-bond acceptors (Lipinski definition) is 6. The monoisotopic (exact) mass is 558 g/mol. The highest BCUT2D eigenvalue weighted by molar-refractivity contribution is 7.10. The molecule has 3 aromatic rings. The van der Waals surface area contributed by atoms with Crippen LogP contribution >= 0.6 is 11.3 Å². The van der Waals surface area contributed by atoms with Crippen LogP contribution in [-0.2, 0) is 4.79 Å². The molecule has 1 aliphatic carbocycles. The molecule has 1 N–H and O–H groups in total. The van der Waals surface area contributed by atoms with Gasteiger partial charge in [0.15, 0.2) is 0 Å². The third kappa shape index (κ3) is 5.34. The van der Waals surface area contributed by atoms with Gasteiger partial charge < -0.3 is 19.9 Å². The molecule has 0 spiro atoms. The number of hydrogen-bond donors (Lipinski definition) is 1. The summed E-state index contributed by atoms with van der Waals surface area (Å²) in [6, 6.07) is 20.0. The van der Waals surface area contributed by atoms with Crippen molar-refractivity contribution in [1.29, 1.82) is 0 Å². The molecule has 2 fully saturated rings. The summed E-state index contributed by atoms with van der Waals surface area (Å²) in [4.78, 5) is 35.8. The normalized spacial score (nSPS) is 21.9. The standard InChI is InChI=1S/C32H38N4O3S/c1-39-25-14-12-23(13-15-25)35-20-18-34(19-21-35)17-16-33-31(37)29-26-9-4-5-10-27(26)32(38)36(24-7-2-3-8-24)30(29)28-11-6-22-40-28/h4-6,9-15,22,24,29-30H,2-3,7-8,16-21H2,1H3,(H,33,37)/t29-,30-/m0/s1. The molecule has 1 saturated heterocycles. The van der Waals surface area contributed by atoms with Crippen molar-refractivity contribution >= 4 is 28.8 Å². The minimum Gasteiger partial charge on any atom is -0.497 e. The summed E-state index contributed by atoms with van der Waals surface area (Å²) in [5.41, 5.74) is 2.74. The van der Waals surface area contributed by atoms with Crippen molar-refractivity contribution in [2.24, 2.45) is 0 Å². The SMILES string of the molecule is COc1ccc(N2CCN(CCNC(=O)[C@H]3c4ccccc4C(=O)N(C4CCCC4)[C@H]3c3cccs3)CC2)cc1. The molecule has 0 radical (unpaired) electrons. The number of ether oxygens (including phenoxy) is 1. The predicted molar refractivity (Wildman–Crippen MR) is 159 cm³/mol. The van der Waals surface area contributed by atoms with Crippen molar-refractivity contribution in [3.8, 4) is 5.75 Å². The highest BCUT2D eigenvalue weighted by atomic mass is 32.1. The molecule has 3 heterocycles. The fourth-order valence-corrected chi connectivity index (χ4v) is 7.51. The third-order valence-corrected chi connectivity index (χ3v) is 9.69. The van der Waals surface area contributed by atoms with Crippen LogP contribution in [-0.4, -0.2) is 74.0 Å². The van der Waals surface area contributed by atoms with E-state index in [1.807, 2.05) is 47.8 Å². The Kier molecular flexibility index (Phi) is 8.07. The summed E-state index contributed by atoms with van der Waals surface area (Å²) in [5, 5.41) is 5.32. The lowest BCUT2D eigenvalue weighted by atomic mass is 9.80. The second-order valence-corrected chi connectivity index (χ2v) is 12.0. The van der Waals surface area contributed by atoms with Crippen molar-refractivity contribution in [3.63, 3.8) is 0 Å². The number of anilines is 1. The van der Waals surface area contributed by atoms with Crippen LogP contribution in [0.15, 0.2) is 66.0 Å². The van der Waals surface area contributed by atoms with Crippen molar-refractivity contribution in [2.75, 3.05) is 51.3 Å². The van der Waals surface area contributed by atoms with Crippen LogP contribution in [0.3, 0.4) is 0 Å². The molecule has 1 aromatic heterocycles. The summed E-state index contributed by atoms with van der Waals surface area (Å²) >= 11 is 1.64. The zero-order chi connectivity index (χ0) is 27.5. The molecule has 8 heteroatoms. The van der Waals surface area contributed by atoms with E-state index in [0.29, 0.717) is 12.1 Å². The van der Waals surface area contributed by atoms with E-state index >= 15 is 0 Å². The number of fused-ring (bicyclic) bond motifs is 1. The number of nitrogens with one attached hydrogen (secondary N) is 1. The van der Waals surface area contributed by atoms with Crippen LogP contribution in [0.1, 0.15) is 58.4 Å². The third-order valence-electron chi connectivity index (χ3n) is 8.75. The molecular formula is C32H38N4O3S. The topological polar surface area (TPSA) is 65.1 Å². The van der Waals surface area contributed by atoms with Crippen molar-refractivity contribution in [2.45, 2.75) is 43.7 Å². The van der Waals surface area contributed by atoms with E-state index in [4.69, 9.17) is 4.74 Å². The molecule has 6 rings (SSSR count). The van der Waals surface area contributed by atoms with Crippen LogP contribution in [0, 0.1) is 0 Å². The second-order valence-electron chi connectivity index (χ2n) is 11.0. The fourth-order valence-electron chi connectivity index (χ4n) is 6.65. The van der Waals surface area contributed by atoms with Gasteiger partial charge in [-0.2, -0.15) is 0 Å². The first kappa shape index (κ1) is 26.8. The Balaban J connectivity index is 1.13. The minimum atomic E-state index is -0.417. The number of thiophene rings is 1. The highest BCUT2D eigenvalue weighted by Crippen LogP contribution is 2.47. The summed E-state index contributed by atoms with van der Waals surface area (Å²) in [5.74, 6) is 0.536. The molecule has 1 saturated carbocycles. The Morgan fingerprint density at radius 3 is 2.42 bits per heavy atom. The molecular weight excluding hydrogens is 520 g/mol. The van der Waals surface area contributed by atoms with E-state index < -0.39 is 5.92 Å². The minimum absolute atomic E-state index is 0.0122. The van der Waals surface area contributed by atoms with Gasteiger partial charge in [-0.05, 0) is 60.2 Å². The van der Waals surface area contributed by atoms with Crippen LogP contribution in [0.5, 0.6) is 5.75 Å². The second kappa shape index (κ2) is 12.0. The smallest absolute Gasteiger partial charge is 0.254 e. The summed E-state index contributed by atoms with van der Waals surface area (Å²) in [6.07, 6.45) is 4.28. The van der Waals surface area contributed by atoms with E-state index in [9.17, 15) is 9.59 Å². The number of carbonyl (C=O) groups is 2. The summed E-state index contributed by atoms with van der Waals surface area (Å²) in [7, 11) is 1.69.